The van der Waals surface area contributed by atoms with E-state index in [1.165, 1.54) is 0 Å². The Bertz CT molecular complexity index is 521. The molecule has 2 N–H and O–H groups in total. The minimum absolute atomic E-state index is 0.00664. The molecule has 1 aromatic carbocycles. The zero-order valence-electron chi connectivity index (χ0n) is 13.6. The molecule has 6 nitrogen and oxygen atoms in total. The van der Waals surface area contributed by atoms with Crippen molar-refractivity contribution in [2.45, 2.75) is 31.9 Å². The Balaban J connectivity index is 1.68. The summed E-state index contributed by atoms with van der Waals surface area (Å²) in [7, 11) is 1.76. The number of β-amino-alcohol motifs (C(OH)–C–C–N with tert-alkyl or cyclic N) is 1. The lowest BCUT2D eigenvalue weighted by Gasteiger charge is -2.30. The van der Waals surface area contributed by atoms with Gasteiger partial charge in [0.1, 0.15) is 0 Å². The molecule has 0 saturated carbocycles. The van der Waals surface area contributed by atoms with Crippen LogP contribution in [0.1, 0.15) is 24.8 Å². The summed E-state index contributed by atoms with van der Waals surface area (Å²) in [6.07, 6.45) is 1.39. The van der Waals surface area contributed by atoms with Crippen molar-refractivity contribution in [3.8, 4) is 0 Å². The molecule has 1 aromatic rings. The van der Waals surface area contributed by atoms with Gasteiger partial charge in [-0.05, 0) is 18.4 Å². The largest absolute Gasteiger partial charge is 0.391 e. The fourth-order valence-electron chi connectivity index (χ4n) is 2.66. The van der Waals surface area contributed by atoms with Gasteiger partial charge in [-0.15, -0.1) is 0 Å². The summed E-state index contributed by atoms with van der Waals surface area (Å²) in [5, 5.41) is 12.3. The van der Waals surface area contributed by atoms with Crippen molar-refractivity contribution >= 4 is 11.9 Å². The van der Waals surface area contributed by atoms with Crippen LogP contribution in [0.15, 0.2) is 30.3 Å². The number of amides is 3. The number of aliphatic hydroxyl groups excluding tert-OH is 1. The lowest BCUT2D eigenvalue weighted by Crippen LogP contribution is -2.47. The Kier molecular flexibility index (Phi) is 6.40. The molecule has 1 atom stereocenters. The molecule has 23 heavy (non-hydrogen) atoms. The minimum Gasteiger partial charge on any atom is -0.391 e. The third kappa shape index (κ3) is 5.56. The van der Waals surface area contributed by atoms with Crippen LogP contribution in [0.25, 0.3) is 0 Å². The van der Waals surface area contributed by atoms with Crippen LogP contribution in [0.3, 0.4) is 0 Å². The summed E-state index contributed by atoms with van der Waals surface area (Å²) < 4.78 is 0. The van der Waals surface area contributed by atoms with Gasteiger partial charge < -0.3 is 20.2 Å². The highest BCUT2D eigenvalue weighted by atomic mass is 16.3. The number of likely N-dealkylation sites (tertiary alicyclic amines) is 1. The van der Waals surface area contributed by atoms with Gasteiger partial charge in [-0.25, -0.2) is 4.79 Å². The van der Waals surface area contributed by atoms with Crippen molar-refractivity contribution in [3.05, 3.63) is 35.9 Å². The van der Waals surface area contributed by atoms with Crippen molar-refractivity contribution < 1.29 is 14.7 Å². The van der Waals surface area contributed by atoms with E-state index in [9.17, 15) is 14.7 Å². The predicted molar refractivity (Wildman–Crippen MR) is 87.7 cm³/mol. The van der Waals surface area contributed by atoms with Crippen LogP contribution in [-0.2, 0) is 11.3 Å². The summed E-state index contributed by atoms with van der Waals surface area (Å²) in [5.41, 5.74) is 1.08. The van der Waals surface area contributed by atoms with Gasteiger partial charge in [0.2, 0.25) is 5.91 Å². The van der Waals surface area contributed by atoms with E-state index in [2.05, 4.69) is 5.32 Å². The molecular weight excluding hydrogens is 294 g/mol. The van der Waals surface area contributed by atoms with Crippen LogP contribution in [0.4, 0.5) is 4.79 Å². The highest BCUT2D eigenvalue weighted by Crippen LogP contribution is 2.09. The first kappa shape index (κ1) is 17.3. The number of rotatable bonds is 5. The van der Waals surface area contributed by atoms with Crippen molar-refractivity contribution in [2.24, 2.45) is 0 Å². The lowest BCUT2D eigenvalue weighted by molar-refractivity contribution is -0.130. The first-order chi connectivity index (χ1) is 11.1. The first-order valence-corrected chi connectivity index (χ1v) is 8.05. The quantitative estimate of drug-likeness (QED) is 0.856. The number of piperidine rings is 1. The summed E-state index contributed by atoms with van der Waals surface area (Å²) in [4.78, 5) is 27.3. The first-order valence-electron chi connectivity index (χ1n) is 8.05. The molecule has 0 aliphatic carbocycles. The minimum atomic E-state index is -0.437. The monoisotopic (exact) mass is 319 g/mol. The molecule has 1 aliphatic rings. The molecule has 1 aliphatic heterocycles. The van der Waals surface area contributed by atoms with Crippen LogP contribution in [0.2, 0.25) is 0 Å². The van der Waals surface area contributed by atoms with Gasteiger partial charge in [-0.3, -0.25) is 4.79 Å². The highest BCUT2D eigenvalue weighted by molar-refractivity contribution is 5.78. The fraction of sp³-hybridized carbons (Fsp3) is 0.529. The third-order valence-electron chi connectivity index (χ3n) is 3.99. The van der Waals surface area contributed by atoms with Crippen LogP contribution in [0, 0.1) is 0 Å². The second kappa shape index (κ2) is 8.53. The number of carbonyl (C=O) groups excluding carboxylic acids is 2. The molecule has 0 spiro atoms. The van der Waals surface area contributed by atoms with Crippen molar-refractivity contribution in [1.82, 2.24) is 15.1 Å². The van der Waals surface area contributed by atoms with E-state index < -0.39 is 6.10 Å². The summed E-state index contributed by atoms with van der Waals surface area (Å²) in [6.45, 7) is 1.90. The molecule has 0 radical (unpaired) electrons. The van der Waals surface area contributed by atoms with E-state index in [-0.39, 0.29) is 18.4 Å². The van der Waals surface area contributed by atoms with Gasteiger partial charge in [0.15, 0.2) is 0 Å². The smallest absolute Gasteiger partial charge is 0.317 e. The number of hydrogen-bond donors (Lipinski definition) is 2. The van der Waals surface area contributed by atoms with E-state index >= 15 is 0 Å². The molecule has 0 aromatic heterocycles. The predicted octanol–water partition coefficient (Wildman–Crippen LogP) is 1.20. The van der Waals surface area contributed by atoms with Gasteiger partial charge in [-0.1, -0.05) is 30.3 Å². The van der Waals surface area contributed by atoms with Crippen LogP contribution in [-0.4, -0.2) is 59.6 Å². The Morgan fingerprint density at radius 1 is 1.35 bits per heavy atom. The van der Waals surface area contributed by atoms with E-state index in [1.54, 1.807) is 16.8 Å². The Hall–Kier alpha value is -2.08. The van der Waals surface area contributed by atoms with Crippen molar-refractivity contribution in [2.75, 3.05) is 26.7 Å². The van der Waals surface area contributed by atoms with Crippen molar-refractivity contribution in [3.63, 3.8) is 0 Å². The van der Waals surface area contributed by atoms with Crippen LogP contribution < -0.4 is 5.32 Å². The Morgan fingerprint density at radius 3 is 2.78 bits per heavy atom. The zero-order chi connectivity index (χ0) is 16.7. The fourth-order valence-corrected chi connectivity index (χ4v) is 2.66. The van der Waals surface area contributed by atoms with E-state index in [0.717, 1.165) is 18.4 Å². The number of carbonyl (C=O) groups is 2. The third-order valence-corrected chi connectivity index (χ3v) is 3.99. The lowest BCUT2D eigenvalue weighted by atomic mass is 10.1. The second-order valence-corrected chi connectivity index (χ2v) is 5.96. The van der Waals surface area contributed by atoms with Gasteiger partial charge in [0.25, 0.3) is 0 Å². The molecule has 1 fully saturated rings. The summed E-state index contributed by atoms with van der Waals surface area (Å²) in [6, 6.07) is 9.59. The molecule has 1 heterocycles. The molecule has 0 unspecified atom stereocenters. The van der Waals surface area contributed by atoms with Crippen molar-refractivity contribution in [1.29, 1.82) is 0 Å². The molecule has 0 bridgehead atoms. The van der Waals surface area contributed by atoms with Gasteiger partial charge in [-0.2, -0.15) is 0 Å². The molecule has 1 saturated heterocycles. The summed E-state index contributed by atoms with van der Waals surface area (Å²) >= 11 is 0. The number of nitrogens with zero attached hydrogens (tertiary/aromatic N) is 2. The number of hydrogen-bond acceptors (Lipinski definition) is 3. The molecule has 3 amide bonds. The zero-order valence-corrected chi connectivity index (χ0v) is 13.6. The maximum absolute atomic E-state index is 12.1. The Morgan fingerprint density at radius 2 is 2.09 bits per heavy atom. The average Bonchev–Trinajstić information content (AvgIpc) is 2.55. The highest BCUT2D eigenvalue weighted by Gasteiger charge is 2.21. The number of urea groups is 1. The van der Waals surface area contributed by atoms with Gasteiger partial charge in [0.05, 0.1) is 6.10 Å². The van der Waals surface area contributed by atoms with Gasteiger partial charge >= 0.3 is 6.03 Å². The molecule has 2 rings (SSSR count). The SMILES string of the molecule is CN(Cc1ccccc1)C(=O)CCNC(=O)N1CCC[C@@H](O)C1. The number of aliphatic hydroxyl groups is 1. The molecular formula is C17H25N3O3. The van der Waals surface area contributed by atoms with Crippen LogP contribution in [0.5, 0.6) is 0 Å². The maximum atomic E-state index is 12.1. The molecule has 6 heteroatoms. The standard InChI is InChI=1S/C17H25N3O3/c1-19(12-14-6-3-2-4-7-14)16(22)9-10-18-17(23)20-11-5-8-15(21)13-20/h2-4,6-7,15,21H,5,8-13H2,1H3,(H,18,23)/t15-/m1/s1. The average molecular weight is 319 g/mol. The molecule has 126 valence electrons. The number of nitrogens with one attached hydrogen (secondary N) is 1. The van der Waals surface area contributed by atoms with Crippen LogP contribution >= 0.6 is 0 Å². The van der Waals surface area contributed by atoms with Gasteiger partial charge in [0, 0.05) is 39.6 Å². The topological polar surface area (TPSA) is 72.9 Å². The summed E-state index contributed by atoms with van der Waals surface area (Å²) in [5.74, 6) is -0.00664. The number of benzene rings is 1. The van der Waals surface area contributed by atoms with E-state index in [0.29, 0.717) is 26.2 Å². The van der Waals surface area contributed by atoms with E-state index in [1.807, 2.05) is 30.3 Å². The maximum Gasteiger partial charge on any atom is 0.317 e. The second-order valence-electron chi connectivity index (χ2n) is 5.96. The van der Waals surface area contributed by atoms with E-state index in [4.69, 9.17) is 0 Å². The normalized spacial score (nSPS) is 17.7. The Labute approximate surface area is 137 Å².